The Morgan fingerprint density at radius 2 is 2.08 bits per heavy atom. The van der Waals surface area contributed by atoms with E-state index in [1.165, 1.54) is 24.4 Å². The van der Waals surface area contributed by atoms with Crippen LogP contribution in [0.2, 0.25) is 0 Å². The lowest BCUT2D eigenvalue weighted by Gasteiger charge is -2.03. The second-order valence-corrected chi connectivity index (χ2v) is 5.97. The minimum atomic E-state index is -0.487. The molecule has 1 aliphatic heterocycles. The molecule has 0 fully saturated rings. The summed E-state index contributed by atoms with van der Waals surface area (Å²) in [5.41, 5.74) is 3.76. The monoisotopic (exact) mass is 405 g/mol. The number of nitro benzene ring substituents is 1. The van der Waals surface area contributed by atoms with Crippen LogP contribution in [0.3, 0.4) is 0 Å². The van der Waals surface area contributed by atoms with E-state index in [4.69, 9.17) is 9.47 Å². The first-order chi connectivity index (χ1) is 12.0. The van der Waals surface area contributed by atoms with Gasteiger partial charge in [-0.2, -0.15) is 5.10 Å². The molecule has 0 saturated carbocycles. The van der Waals surface area contributed by atoms with Gasteiger partial charge in [0.25, 0.3) is 5.69 Å². The number of carbonyl (C=O) groups excluding carboxylic acids is 1. The van der Waals surface area contributed by atoms with Crippen molar-refractivity contribution in [2.45, 2.75) is 6.42 Å². The molecule has 8 nitrogen and oxygen atoms in total. The molecule has 2 aromatic carbocycles. The van der Waals surface area contributed by atoms with Gasteiger partial charge in [0.1, 0.15) is 0 Å². The molecule has 3 rings (SSSR count). The standard InChI is InChI=1S/C16H12BrN3O5/c17-13-7-12(20(22)23)3-2-11(13)8-18-19-16(21)6-10-1-4-14-15(5-10)25-9-24-14/h1-5,7-8H,6,9H2,(H,19,21)/b18-8-. The van der Waals surface area contributed by atoms with Crippen LogP contribution in [0.1, 0.15) is 11.1 Å². The number of hydrogen-bond acceptors (Lipinski definition) is 6. The molecule has 1 aliphatic rings. The van der Waals surface area contributed by atoms with Gasteiger partial charge in [-0.25, -0.2) is 5.43 Å². The number of hydrogen-bond donors (Lipinski definition) is 1. The van der Waals surface area contributed by atoms with Gasteiger partial charge in [-0.15, -0.1) is 0 Å². The average molecular weight is 406 g/mol. The normalized spacial score (nSPS) is 12.4. The van der Waals surface area contributed by atoms with Crippen molar-refractivity contribution in [1.29, 1.82) is 0 Å². The number of nitrogens with one attached hydrogen (secondary N) is 1. The Hall–Kier alpha value is -2.94. The predicted octanol–water partition coefficient (Wildman–Crippen LogP) is 2.78. The van der Waals surface area contributed by atoms with Gasteiger partial charge < -0.3 is 9.47 Å². The van der Waals surface area contributed by atoms with Gasteiger partial charge in [0.2, 0.25) is 12.7 Å². The van der Waals surface area contributed by atoms with Gasteiger partial charge in [-0.1, -0.05) is 6.07 Å². The molecular formula is C16H12BrN3O5. The molecule has 0 aromatic heterocycles. The largest absolute Gasteiger partial charge is 0.454 e. The molecular weight excluding hydrogens is 394 g/mol. The first kappa shape index (κ1) is 16.9. The van der Waals surface area contributed by atoms with Crippen molar-refractivity contribution in [2.24, 2.45) is 5.10 Å². The fourth-order valence-corrected chi connectivity index (χ4v) is 2.65. The summed E-state index contributed by atoms with van der Waals surface area (Å²) in [4.78, 5) is 22.1. The van der Waals surface area contributed by atoms with Crippen molar-refractivity contribution in [1.82, 2.24) is 5.43 Å². The Labute approximate surface area is 150 Å². The number of fused-ring (bicyclic) bond motifs is 1. The highest BCUT2D eigenvalue weighted by molar-refractivity contribution is 9.10. The van der Waals surface area contributed by atoms with Crippen LogP contribution in [0.15, 0.2) is 46.0 Å². The summed E-state index contributed by atoms with van der Waals surface area (Å²) in [7, 11) is 0. The number of halogens is 1. The molecule has 0 unspecified atom stereocenters. The van der Waals surface area contributed by atoms with Crippen molar-refractivity contribution in [2.75, 3.05) is 6.79 Å². The Kier molecular flexibility index (Phi) is 4.94. The van der Waals surface area contributed by atoms with Gasteiger partial charge in [-0.3, -0.25) is 14.9 Å². The van der Waals surface area contributed by atoms with Crippen LogP contribution < -0.4 is 14.9 Å². The molecule has 2 aromatic rings. The lowest BCUT2D eigenvalue weighted by atomic mass is 10.1. The molecule has 1 heterocycles. The third kappa shape index (κ3) is 4.13. The summed E-state index contributed by atoms with van der Waals surface area (Å²) in [5, 5.41) is 14.6. The SMILES string of the molecule is O=C(Cc1ccc2c(c1)OCO2)N/N=C\c1ccc([N+](=O)[O-])cc1Br. The van der Waals surface area contributed by atoms with Gasteiger partial charge >= 0.3 is 0 Å². The van der Waals surface area contributed by atoms with Crippen molar-refractivity contribution >= 4 is 33.7 Å². The van der Waals surface area contributed by atoms with Gasteiger partial charge in [0.15, 0.2) is 11.5 Å². The smallest absolute Gasteiger partial charge is 0.270 e. The number of ether oxygens (including phenoxy) is 2. The zero-order chi connectivity index (χ0) is 17.8. The number of amides is 1. The molecule has 0 aliphatic carbocycles. The molecule has 128 valence electrons. The second kappa shape index (κ2) is 7.31. The number of hydrazone groups is 1. The van der Waals surface area contributed by atoms with Crippen LogP contribution in [0, 0.1) is 10.1 Å². The third-order valence-electron chi connectivity index (χ3n) is 3.39. The van der Waals surface area contributed by atoms with E-state index in [0.29, 0.717) is 21.5 Å². The summed E-state index contributed by atoms with van der Waals surface area (Å²) < 4.78 is 11.0. The number of rotatable bonds is 5. The Morgan fingerprint density at radius 1 is 1.28 bits per heavy atom. The van der Waals surface area contributed by atoms with Gasteiger partial charge in [0.05, 0.1) is 17.6 Å². The van der Waals surface area contributed by atoms with Crippen LogP contribution >= 0.6 is 15.9 Å². The van der Waals surface area contributed by atoms with Crippen LogP contribution in [-0.4, -0.2) is 23.8 Å². The minimum Gasteiger partial charge on any atom is -0.454 e. The number of non-ortho nitro benzene ring substituents is 1. The lowest BCUT2D eigenvalue weighted by Crippen LogP contribution is -2.19. The maximum absolute atomic E-state index is 11.9. The summed E-state index contributed by atoms with van der Waals surface area (Å²) in [6.07, 6.45) is 1.54. The quantitative estimate of drug-likeness (QED) is 0.467. The van der Waals surface area contributed by atoms with Crippen molar-refractivity contribution in [3.05, 3.63) is 62.1 Å². The van der Waals surface area contributed by atoms with E-state index >= 15 is 0 Å². The predicted molar refractivity (Wildman–Crippen MR) is 92.8 cm³/mol. The molecule has 0 spiro atoms. The lowest BCUT2D eigenvalue weighted by molar-refractivity contribution is -0.384. The summed E-state index contributed by atoms with van der Waals surface area (Å²) in [5.74, 6) is 0.974. The van der Waals surface area contributed by atoms with Crippen LogP contribution in [-0.2, 0) is 11.2 Å². The molecule has 0 radical (unpaired) electrons. The van der Waals surface area contributed by atoms with Crippen molar-refractivity contribution in [3.8, 4) is 11.5 Å². The number of benzene rings is 2. The molecule has 1 N–H and O–H groups in total. The Bertz CT molecular complexity index is 869. The van der Waals surface area contributed by atoms with E-state index in [-0.39, 0.29) is 24.8 Å². The fraction of sp³-hybridized carbons (Fsp3) is 0.125. The van der Waals surface area contributed by atoms with E-state index < -0.39 is 4.92 Å². The number of nitrogens with zero attached hydrogens (tertiary/aromatic N) is 2. The van der Waals surface area contributed by atoms with E-state index in [9.17, 15) is 14.9 Å². The highest BCUT2D eigenvalue weighted by atomic mass is 79.9. The van der Waals surface area contributed by atoms with Crippen molar-refractivity contribution < 1.29 is 19.2 Å². The maximum atomic E-state index is 11.9. The first-order valence-corrected chi connectivity index (χ1v) is 7.96. The molecule has 9 heteroatoms. The Balaban J connectivity index is 1.58. The highest BCUT2D eigenvalue weighted by Crippen LogP contribution is 2.32. The van der Waals surface area contributed by atoms with E-state index in [0.717, 1.165) is 5.56 Å². The fourth-order valence-electron chi connectivity index (χ4n) is 2.18. The van der Waals surface area contributed by atoms with Crippen LogP contribution in [0.4, 0.5) is 5.69 Å². The van der Waals surface area contributed by atoms with Gasteiger partial charge in [-0.05, 0) is 39.7 Å². The van der Waals surface area contributed by atoms with Gasteiger partial charge in [0, 0.05) is 22.2 Å². The van der Waals surface area contributed by atoms with Crippen LogP contribution in [0.25, 0.3) is 0 Å². The summed E-state index contributed by atoms with van der Waals surface area (Å²) in [6.45, 7) is 0.180. The summed E-state index contributed by atoms with van der Waals surface area (Å²) in [6, 6.07) is 9.55. The molecule has 25 heavy (non-hydrogen) atoms. The number of nitro groups is 1. The van der Waals surface area contributed by atoms with E-state index in [1.54, 1.807) is 18.2 Å². The first-order valence-electron chi connectivity index (χ1n) is 7.17. The molecule has 1 amide bonds. The van der Waals surface area contributed by atoms with E-state index in [1.807, 2.05) is 0 Å². The third-order valence-corrected chi connectivity index (χ3v) is 4.08. The number of carbonyl (C=O) groups is 1. The highest BCUT2D eigenvalue weighted by Gasteiger charge is 2.14. The van der Waals surface area contributed by atoms with Crippen molar-refractivity contribution in [3.63, 3.8) is 0 Å². The molecule has 0 bridgehead atoms. The van der Waals surface area contributed by atoms with E-state index in [2.05, 4.69) is 26.5 Å². The molecule has 0 saturated heterocycles. The second-order valence-electron chi connectivity index (χ2n) is 5.12. The Morgan fingerprint density at radius 3 is 2.84 bits per heavy atom. The zero-order valence-corrected chi connectivity index (χ0v) is 14.4. The zero-order valence-electron chi connectivity index (χ0n) is 12.8. The van der Waals surface area contributed by atoms with Crippen LogP contribution in [0.5, 0.6) is 11.5 Å². The average Bonchev–Trinajstić information content (AvgIpc) is 3.03. The molecule has 0 atom stereocenters. The topological polar surface area (TPSA) is 103 Å². The minimum absolute atomic E-state index is 0.0316. The maximum Gasteiger partial charge on any atom is 0.270 e. The summed E-state index contributed by atoms with van der Waals surface area (Å²) >= 11 is 3.23.